The van der Waals surface area contributed by atoms with Crippen molar-refractivity contribution in [2.45, 2.75) is 69.6 Å². The molecule has 4 heterocycles. The third kappa shape index (κ3) is 6.72. The van der Waals surface area contributed by atoms with Crippen molar-refractivity contribution in [3.63, 3.8) is 0 Å². The van der Waals surface area contributed by atoms with E-state index >= 15 is 0 Å². The minimum absolute atomic E-state index is 0.261. The number of halogens is 3. The fourth-order valence-electron chi connectivity index (χ4n) is 7.30. The van der Waals surface area contributed by atoms with Gasteiger partial charge >= 0.3 is 6.18 Å². The fraction of sp³-hybridized carbons (Fsp3) is 0.594. The summed E-state index contributed by atoms with van der Waals surface area (Å²) in [4.78, 5) is 21.4. The van der Waals surface area contributed by atoms with Gasteiger partial charge in [-0.25, -0.2) is 4.98 Å². The summed E-state index contributed by atoms with van der Waals surface area (Å²) in [5.41, 5.74) is 0.207. The molecule has 3 fully saturated rings. The van der Waals surface area contributed by atoms with E-state index in [4.69, 9.17) is 9.84 Å². The number of fused-ring (bicyclic) bond motifs is 1. The number of hydrogen-bond donors (Lipinski definition) is 2. The zero-order valence-corrected chi connectivity index (χ0v) is 25.5. The number of nitrogens with one attached hydrogen (secondary N) is 2. The molecule has 44 heavy (non-hydrogen) atoms. The van der Waals surface area contributed by atoms with Gasteiger partial charge in [0.25, 0.3) is 5.91 Å². The van der Waals surface area contributed by atoms with Gasteiger partial charge in [0.05, 0.1) is 31.0 Å². The minimum Gasteiger partial charge on any atom is -0.494 e. The molecule has 3 aromatic rings. The molecule has 1 saturated carbocycles. The summed E-state index contributed by atoms with van der Waals surface area (Å²) in [5, 5.41) is 11.8. The number of piperidine rings is 2. The summed E-state index contributed by atoms with van der Waals surface area (Å²) in [6, 6.07) is 7.65. The van der Waals surface area contributed by atoms with Crippen LogP contribution in [0, 0.1) is 5.41 Å². The predicted octanol–water partition coefficient (Wildman–Crippen LogP) is 5.55. The number of carbonyl (C=O) groups is 1. The van der Waals surface area contributed by atoms with Crippen molar-refractivity contribution in [2.75, 3.05) is 52.3 Å². The first-order valence-electron chi connectivity index (χ1n) is 15.7. The molecular formula is C32H42F3N7O2. The van der Waals surface area contributed by atoms with Crippen LogP contribution in [0.25, 0.3) is 10.9 Å². The molecule has 6 rings (SSSR count). The normalized spacial score (nSPS) is 20.4. The molecule has 3 aliphatic rings. The summed E-state index contributed by atoms with van der Waals surface area (Å²) in [5.74, 6) is -0.382. The van der Waals surface area contributed by atoms with Crippen LogP contribution < -0.4 is 15.4 Å². The molecule has 2 N–H and O–H groups in total. The highest BCUT2D eigenvalue weighted by Crippen LogP contribution is 2.44. The zero-order chi connectivity index (χ0) is 30.9. The standard InChI is InChI=1S/C32H42F3N7O2/c1-40(23-6-10-31(11-7-23)12-14-36-15-13-31)21-41-16-8-24(9-17-41)42-20-22-18-27(28(44-2)19-26(22)39-42)38-30(43)25-4-3-5-29(37-25)32(33,34)35/h3-5,18-20,23-24,36H,6-17,21H2,1-2H3,(H,38,43). The van der Waals surface area contributed by atoms with Crippen LogP contribution in [-0.2, 0) is 6.18 Å². The lowest BCUT2D eigenvalue weighted by Crippen LogP contribution is -2.48. The van der Waals surface area contributed by atoms with Crippen LogP contribution in [0.1, 0.15) is 73.6 Å². The Morgan fingerprint density at radius 3 is 2.52 bits per heavy atom. The highest BCUT2D eigenvalue weighted by Gasteiger charge is 2.37. The number of methoxy groups -OCH3 is 1. The third-order valence-corrected chi connectivity index (χ3v) is 10.0. The van der Waals surface area contributed by atoms with Crippen LogP contribution in [0.2, 0.25) is 0 Å². The number of alkyl halides is 3. The number of hydrogen-bond acceptors (Lipinski definition) is 7. The summed E-state index contributed by atoms with van der Waals surface area (Å²) in [7, 11) is 3.76. The molecule has 1 spiro atoms. The van der Waals surface area contributed by atoms with Gasteiger partial charge in [-0.2, -0.15) is 18.3 Å². The predicted molar refractivity (Wildman–Crippen MR) is 163 cm³/mol. The second kappa shape index (κ2) is 12.6. The van der Waals surface area contributed by atoms with Crippen LogP contribution in [0.3, 0.4) is 0 Å². The topological polar surface area (TPSA) is 87.5 Å². The number of carbonyl (C=O) groups excluding carboxylic acids is 1. The molecule has 0 bridgehead atoms. The second-order valence-corrected chi connectivity index (χ2v) is 12.8. The molecule has 12 heteroatoms. The van der Waals surface area contributed by atoms with Gasteiger partial charge in [-0.1, -0.05) is 6.07 Å². The first-order valence-corrected chi connectivity index (χ1v) is 15.7. The van der Waals surface area contributed by atoms with E-state index in [0.717, 1.165) is 49.6 Å². The quantitative estimate of drug-likeness (QED) is 0.361. The lowest BCUT2D eigenvalue weighted by molar-refractivity contribution is -0.141. The SMILES string of the molecule is COc1cc2nn(C3CCN(CN(C)C4CCC5(CCNCC5)CC4)CC3)cc2cc1NC(=O)c1cccc(C(F)(F)F)n1. The number of nitrogens with zero attached hydrogens (tertiary/aromatic N) is 5. The molecule has 9 nitrogen and oxygen atoms in total. The Morgan fingerprint density at radius 1 is 1.11 bits per heavy atom. The number of ether oxygens (including phenoxy) is 1. The molecule has 0 atom stereocenters. The molecule has 2 aliphatic heterocycles. The summed E-state index contributed by atoms with van der Waals surface area (Å²) in [6.07, 6.45) is 7.30. The maximum atomic E-state index is 13.1. The van der Waals surface area contributed by atoms with E-state index < -0.39 is 17.8 Å². The van der Waals surface area contributed by atoms with Crippen molar-refractivity contribution in [3.05, 3.63) is 47.9 Å². The van der Waals surface area contributed by atoms with E-state index in [1.807, 2.05) is 10.9 Å². The molecule has 0 radical (unpaired) electrons. The van der Waals surface area contributed by atoms with Crippen molar-refractivity contribution in [1.82, 2.24) is 29.9 Å². The molecule has 1 aromatic carbocycles. The Balaban J connectivity index is 1.05. The molecular weight excluding hydrogens is 571 g/mol. The van der Waals surface area contributed by atoms with Crippen molar-refractivity contribution in [1.29, 1.82) is 0 Å². The van der Waals surface area contributed by atoms with Crippen molar-refractivity contribution in [3.8, 4) is 5.75 Å². The number of anilines is 1. The zero-order valence-electron chi connectivity index (χ0n) is 25.5. The number of amides is 1. The second-order valence-electron chi connectivity index (χ2n) is 12.8. The summed E-state index contributed by atoms with van der Waals surface area (Å²) in [6.45, 7) is 5.35. The van der Waals surface area contributed by atoms with Crippen LogP contribution in [-0.4, -0.2) is 83.5 Å². The van der Waals surface area contributed by atoms with Crippen molar-refractivity contribution in [2.24, 2.45) is 5.41 Å². The molecule has 0 unspecified atom stereocenters. The third-order valence-electron chi connectivity index (χ3n) is 10.0. The Labute approximate surface area is 256 Å². The van der Waals surface area contributed by atoms with E-state index in [9.17, 15) is 18.0 Å². The fourth-order valence-corrected chi connectivity index (χ4v) is 7.30. The van der Waals surface area contributed by atoms with Gasteiger partial charge in [0.2, 0.25) is 0 Å². The minimum atomic E-state index is -4.64. The van der Waals surface area contributed by atoms with Gasteiger partial charge in [-0.05, 0) is 95.1 Å². The van der Waals surface area contributed by atoms with Crippen LogP contribution in [0.15, 0.2) is 36.5 Å². The van der Waals surface area contributed by atoms with E-state index in [-0.39, 0.29) is 11.7 Å². The van der Waals surface area contributed by atoms with Gasteiger partial charge in [0, 0.05) is 36.8 Å². The van der Waals surface area contributed by atoms with Crippen LogP contribution in [0.5, 0.6) is 5.75 Å². The van der Waals surface area contributed by atoms with Crippen molar-refractivity contribution >= 4 is 22.5 Å². The number of likely N-dealkylation sites (tertiary alicyclic amines) is 1. The number of rotatable bonds is 7. The first-order chi connectivity index (χ1) is 21.1. The molecule has 1 aliphatic carbocycles. The van der Waals surface area contributed by atoms with E-state index in [0.29, 0.717) is 22.9 Å². The first kappa shape index (κ1) is 30.8. The Bertz CT molecular complexity index is 1450. The van der Waals surface area contributed by atoms with E-state index in [1.54, 1.807) is 12.1 Å². The van der Waals surface area contributed by atoms with Gasteiger partial charge in [-0.3, -0.25) is 19.3 Å². The number of benzene rings is 1. The molecule has 238 valence electrons. The maximum absolute atomic E-state index is 13.1. The molecule has 1 amide bonds. The van der Waals surface area contributed by atoms with Gasteiger partial charge in [-0.15, -0.1) is 0 Å². The van der Waals surface area contributed by atoms with E-state index in [1.165, 1.54) is 70.9 Å². The highest BCUT2D eigenvalue weighted by molar-refractivity contribution is 6.05. The highest BCUT2D eigenvalue weighted by atomic mass is 19.4. The van der Waals surface area contributed by atoms with Gasteiger partial charge in [0.1, 0.15) is 17.1 Å². The van der Waals surface area contributed by atoms with Crippen molar-refractivity contribution < 1.29 is 22.7 Å². The Kier molecular flexibility index (Phi) is 8.85. The maximum Gasteiger partial charge on any atom is 0.433 e. The Morgan fingerprint density at radius 2 is 1.84 bits per heavy atom. The Hall–Kier alpha value is -3.22. The number of aromatic nitrogens is 3. The molecule has 2 saturated heterocycles. The van der Waals surface area contributed by atoms with Crippen LogP contribution in [0.4, 0.5) is 18.9 Å². The monoisotopic (exact) mass is 613 g/mol. The average molecular weight is 614 g/mol. The number of pyridine rings is 1. The lowest BCUT2D eigenvalue weighted by Gasteiger charge is -2.46. The van der Waals surface area contributed by atoms with E-state index in [2.05, 4.69) is 32.5 Å². The summed E-state index contributed by atoms with van der Waals surface area (Å²) >= 11 is 0. The smallest absolute Gasteiger partial charge is 0.433 e. The largest absolute Gasteiger partial charge is 0.494 e. The summed E-state index contributed by atoms with van der Waals surface area (Å²) < 4.78 is 46.8. The van der Waals surface area contributed by atoms with Gasteiger partial charge < -0.3 is 15.4 Å². The van der Waals surface area contributed by atoms with Gasteiger partial charge in [0.15, 0.2) is 0 Å². The van der Waals surface area contributed by atoms with Crippen LogP contribution >= 0.6 is 0 Å². The lowest BCUT2D eigenvalue weighted by atomic mass is 9.67. The molecule has 2 aromatic heterocycles. The average Bonchev–Trinajstić information content (AvgIpc) is 3.44.